The van der Waals surface area contributed by atoms with Gasteiger partial charge in [-0.25, -0.2) is 4.98 Å². The summed E-state index contributed by atoms with van der Waals surface area (Å²) in [5.74, 6) is -0.118. The zero-order valence-electron chi connectivity index (χ0n) is 16.2. The van der Waals surface area contributed by atoms with Crippen LogP contribution in [0.1, 0.15) is 34.7 Å². The lowest BCUT2D eigenvalue weighted by molar-refractivity contribution is -0.385. The summed E-state index contributed by atoms with van der Waals surface area (Å²) in [6.07, 6.45) is 0.128. The highest BCUT2D eigenvalue weighted by molar-refractivity contribution is 7.20. The van der Waals surface area contributed by atoms with Crippen LogP contribution in [0.25, 0.3) is 15.3 Å². The summed E-state index contributed by atoms with van der Waals surface area (Å²) in [5, 5.41) is 19.8. The predicted molar refractivity (Wildman–Crippen MR) is 114 cm³/mol. The van der Waals surface area contributed by atoms with Crippen LogP contribution in [0.2, 0.25) is 0 Å². The molecule has 2 aromatic carbocycles. The van der Waals surface area contributed by atoms with Crippen LogP contribution in [0.5, 0.6) is 0 Å². The smallest absolute Gasteiger partial charge is 0.273 e. The second-order valence-electron chi connectivity index (χ2n) is 7.35. The number of nitro benzene ring substituents is 1. The number of para-hydroxylation sites is 1. The molecule has 0 aliphatic carbocycles. The van der Waals surface area contributed by atoms with Crippen LogP contribution in [0.15, 0.2) is 42.5 Å². The highest BCUT2D eigenvalue weighted by atomic mass is 32.1. The fourth-order valence-corrected chi connectivity index (χ4v) is 5.03. The minimum atomic E-state index is -0.444. The summed E-state index contributed by atoms with van der Waals surface area (Å²) in [4.78, 5) is 28.4. The number of benzene rings is 2. The molecule has 1 N–H and O–H groups in total. The minimum Gasteiger partial charge on any atom is -0.310 e. The number of rotatable bonds is 3. The quantitative estimate of drug-likeness (QED) is 0.389. The first-order chi connectivity index (χ1) is 14.4. The van der Waals surface area contributed by atoms with E-state index in [4.69, 9.17) is 0 Å². The van der Waals surface area contributed by atoms with Crippen molar-refractivity contribution >= 4 is 39.0 Å². The number of nitrogens with zero attached hydrogens (tertiary/aromatic N) is 4. The molecule has 9 heteroatoms. The third-order valence-electron chi connectivity index (χ3n) is 5.33. The van der Waals surface area contributed by atoms with Crippen molar-refractivity contribution in [2.24, 2.45) is 0 Å². The molecule has 2 aromatic heterocycles. The highest BCUT2D eigenvalue weighted by Gasteiger charge is 2.36. The minimum absolute atomic E-state index is 0.00534. The number of aromatic nitrogens is 3. The molecule has 1 aliphatic rings. The molecule has 1 unspecified atom stereocenters. The Kier molecular flexibility index (Phi) is 4.14. The Morgan fingerprint density at radius 2 is 2.03 bits per heavy atom. The molecule has 1 amide bonds. The van der Waals surface area contributed by atoms with Gasteiger partial charge in [0.2, 0.25) is 11.0 Å². The summed E-state index contributed by atoms with van der Waals surface area (Å²) in [7, 11) is 0. The van der Waals surface area contributed by atoms with Gasteiger partial charge in [-0.3, -0.25) is 14.9 Å². The van der Waals surface area contributed by atoms with E-state index in [1.807, 2.05) is 26.0 Å². The van der Waals surface area contributed by atoms with Gasteiger partial charge < -0.3 is 5.32 Å². The lowest BCUT2D eigenvalue weighted by atomic mass is 9.85. The van der Waals surface area contributed by atoms with E-state index in [-0.39, 0.29) is 18.0 Å². The number of amides is 1. The van der Waals surface area contributed by atoms with E-state index in [0.29, 0.717) is 22.2 Å². The molecule has 0 radical (unpaired) electrons. The van der Waals surface area contributed by atoms with E-state index in [9.17, 15) is 14.9 Å². The zero-order valence-corrected chi connectivity index (χ0v) is 17.1. The molecule has 0 bridgehead atoms. The van der Waals surface area contributed by atoms with Gasteiger partial charge >= 0.3 is 0 Å². The van der Waals surface area contributed by atoms with Crippen LogP contribution in [-0.2, 0) is 4.79 Å². The maximum Gasteiger partial charge on any atom is 0.273 e. The number of carbonyl (C=O) groups is 1. The topological polar surface area (TPSA) is 103 Å². The van der Waals surface area contributed by atoms with Crippen LogP contribution in [0.4, 0.5) is 11.5 Å². The van der Waals surface area contributed by atoms with Gasteiger partial charge in [0, 0.05) is 29.5 Å². The fourth-order valence-electron chi connectivity index (χ4n) is 4.01. The summed E-state index contributed by atoms with van der Waals surface area (Å²) in [6, 6.07) is 12.6. The van der Waals surface area contributed by atoms with Gasteiger partial charge in [-0.1, -0.05) is 35.6 Å². The van der Waals surface area contributed by atoms with Crippen LogP contribution in [-0.4, -0.2) is 25.6 Å². The van der Waals surface area contributed by atoms with Gasteiger partial charge in [0.25, 0.3) is 5.69 Å². The number of aryl methyl sites for hydroxylation is 2. The van der Waals surface area contributed by atoms with Gasteiger partial charge in [-0.05, 0) is 31.5 Å². The molecule has 8 nitrogen and oxygen atoms in total. The molecule has 1 aliphatic heterocycles. The van der Waals surface area contributed by atoms with Crippen molar-refractivity contribution in [3.05, 3.63) is 75.0 Å². The van der Waals surface area contributed by atoms with Crippen molar-refractivity contribution in [2.75, 3.05) is 5.32 Å². The Bertz CT molecular complexity index is 1340. The third-order valence-corrected chi connectivity index (χ3v) is 6.32. The SMILES string of the molecule is Cc1ccc2nc(-n3nc(C)c4c3NC(=O)CC4c3ccccc3[N+](=O)[O-])sc2c1. The van der Waals surface area contributed by atoms with Crippen molar-refractivity contribution in [3.8, 4) is 5.13 Å². The summed E-state index contributed by atoms with van der Waals surface area (Å²) < 4.78 is 2.67. The van der Waals surface area contributed by atoms with Gasteiger partial charge in [0.05, 0.1) is 20.8 Å². The molecular formula is C21H17N5O3S. The Labute approximate surface area is 175 Å². The number of hydrogen-bond acceptors (Lipinski definition) is 6. The van der Waals surface area contributed by atoms with Crippen LogP contribution in [0.3, 0.4) is 0 Å². The second kappa shape index (κ2) is 6.74. The van der Waals surface area contributed by atoms with Crippen molar-refractivity contribution in [1.29, 1.82) is 0 Å². The summed E-state index contributed by atoms with van der Waals surface area (Å²) >= 11 is 1.49. The van der Waals surface area contributed by atoms with Gasteiger partial charge in [0.15, 0.2) is 0 Å². The number of carbonyl (C=O) groups excluding carboxylic acids is 1. The standard InChI is InChI=1S/C21H17N5O3S/c1-11-7-8-15-17(9-11)30-21(22-15)25-20-19(12(2)24-25)14(10-18(27)23-20)13-5-3-4-6-16(13)26(28)29/h3-9,14H,10H2,1-2H3,(H,23,27). The van der Waals surface area contributed by atoms with E-state index in [2.05, 4.69) is 21.5 Å². The molecule has 4 aromatic rings. The van der Waals surface area contributed by atoms with Gasteiger partial charge in [0.1, 0.15) is 5.82 Å². The maximum absolute atomic E-state index is 12.6. The Balaban J connectivity index is 1.69. The van der Waals surface area contributed by atoms with E-state index >= 15 is 0 Å². The molecule has 0 saturated heterocycles. The van der Waals surface area contributed by atoms with Crippen molar-refractivity contribution in [2.45, 2.75) is 26.2 Å². The molecule has 30 heavy (non-hydrogen) atoms. The van der Waals surface area contributed by atoms with Crippen molar-refractivity contribution < 1.29 is 9.72 Å². The number of nitrogens with one attached hydrogen (secondary N) is 1. The summed E-state index contributed by atoms with van der Waals surface area (Å²) in [5.41, 5.74) is 4.02. The Hall–Kier alpha value is -3.59. The number of thiazole rings is 1. The second-order valence-corrected chi connectivity index (χ2v) is 8.36. The zero-order chi connectivity index (χ0) is 21.0. The normalized spacial score (nSPS) is 15.8. The molecule has 1 atom stereocenters. The average molecular weight is 419 g/mol. The third kappa shape index (κ3) is 2.86. The first-order valence-electron chi connectivity index (χ1n) is 9.42. The molecule has 0 saturated carbocycles. The fraction of sp³-hybridized carbons (Fsp3) is 0.190. The molecule has 0 fully saturated rings. The van der Waals surface area contributed by atoms with Crippen molar-refractivity contribution in [3.63, 3.8) is 0 Å². The van der Waals surface area contributed by atoms with E-state index in [1.165, 1.54) is 17.4 Å². The number of anilines is 1. The molecular weight excluding hydrogens is 402 g/mol. The van der Waals surface area contributed by atoms with Gasteiger partial charge in [-0.2, -0.15) is 9.78 Å². The van der Waals surface area contributed by atoms with Crippen LogP contribution < -0.4 is 5.32 Å². The monoisotopic (exact) mass is 419 g/mol. The molecule has 150 valence electrons. The first-order valence-corrected chi connectivity index (χ1v) is 10.2. The Morgan fingerprint density at radius 3 is 2.83 bits per heavy atom. The van der Waals surface area contributed by atoms with Crippen molar-refractivity contribution in [1.82, 2.24) is 14.8 Å². The average Bonchev–Trinajstić information content (AvgIpc) is 3.27. The van der Waals surface area contributed by atoms with Crippen LogP contribution >= 0.6 is 11.3 Å². The number of fused-ring (bicyclic) bond motifs is 2. The van der Waals surface area contributed by atoms with Gasteiger partial charge in [-0.15, -0.1) is 0 Å². The first kappa shape index (κ1) is 18.4. The molecule has 3 heterocycles. The molecule has 5 rings (SSSR count). The lowest BCUT2D eigenvalue weighted by Crippen LogP contribution is -2.25. The largest absolute Gasteiger partial charge is 0.310 e. The lowest BCUT2D eigenvalue weighted by Gasteiger charge is -2.23. The number of hydrogen-bond donors (Lipinski definition) is 1. The summed E-state index contributed by atoms with van der Waals surface area (Å²) in [6.45, 7) is 3.88. The van der Waals surface area contributed by atoms with E-state index in [0.717, 1.165) is 21.3 Å². The van der Waals surface area contributed by atoms with E-state index in [1.54, 1.807) is 22.9 Å². The highest BCUT2D eigenvalue weighted by Crippen LogP contribution is 2.43. The molecule has 0 spiro atoms. The number of nitro groups is 1. The van der Waals surface area contributed by atoms with E-state index < -0.39 is 10.8 Å². The van der Waals surface area contributed by atoms with Crippen LogP contribution in [0, 0.1) is 24.0 Å². The Morgan fingerprint density at radius 1 is 1.23 bits per heavy atom. The maximum atomic E-state index is 12.6. The predicted octanol–water partition coefficient (Wildman–Crippen LogP) is 4.48.